The highest BCUT2D eigenvalue weighted by Crippen LogP contribution is 2.53. The van der Waals surface area contributed by atoms with E-state index in [1.54, 1.807) is 0 Å². The molecule has 0 saturated carbocycles. The molecule has 0 radical (unpaired) electrons. The Hall–Kier alpha value is -5.92. The van der Waals surface area contributed by atoms with Crippen molar-refractivity contribution in [2.24, 2.45) is 0 Å². The van der Waals surface area contributed by atoms with Gasteiger partial charge in [0.1, 0.15) is 0 Å². The van der Waals surface area contributed by atoms with Crippen LogP contribution >= 0.6 is 0 Å². The van der Waals surface area contributed by atoms with E-state index in [0.29, 0.717) is 0 Å². The number of hydrogen-bond acceptors (Lipinski definition) is 1. The van der Waals surface area contributed by atoms with E-state index in [1.807, 2.05) is 0 Å². The van der Waals surface area contributed by atoms with Gasteiger partial charge in [0.15, 0.2) is 0 Å². The largest absolute Gasteiger partial charge is 0.310 e. The summed E-state index contributed by atoms with van der Waals surface area (Å²) in [5, 5.41) is 5.15. The lowest BCUT2D eigenvalue weighted by Gasteiger charge is -2.30. The van der Waals surface area contributed by atoms with E-state index < -0.39 is 0 Å². The van der Waals surface area contributed by atoms with E-state index in [0.717, 1.165) is 17.1 Å². The van der Waals surface area contributed by atoms with E-state index >= 15 is 0 Å². The summed E-state index contributed by atoms with van der Waals surface area (Å²) < 4.78 is 0. The summed E-state index contributed by atoms with van der Waals surface area (Å²) >= 11 is 0. The van der Waals surface area contributed by atoms with Crippen molar-refractivity contribution in [2.75, 3.05) is 4.90 Å². The first kappa shape index (κ1) is 28.3. The second-order valence-corrected chi connectivity index (χ2v) is 13.4. The molecule has 9 rings (SSSR count). The van der Waals surface area contributed by atoms with Crippen LogP contribution in [0.4, 0.5) is 17.1 Å². The molecule has 8 aromatic carbocycles. The molecule has 0 spiro atoms. The monoisotopic (exact) mass is 613 g/mol. The van der Waals surface area contributed by atoms with Crippen molar-refractivity contribution in [1.29, 1.82) is 0 Å². The van der Waals surface area contributed by atoms with Gasteiger partial charge >= 0.3 is 0 Å². The van der Waals surface area contributed by atoms with Crippen LogP contribution in [0, 0.1) is 0 Å². The molecule has 8 aromatic rings. The van der Waals surface area contributed by atoms with Gasteiger partial charge in [0.25, 0.3) is 0 Å². The molecule has 1 nitrogen and oxygen atoms in total. The molecule has 1 aliphatic rings. The lowest BCUT2D eigenvalue weighted by Crippen LogP contribution is -2.17. The molecule has 0 unspecified atom stereocenters. The second kappa shape index (κ2) is 11.1. The molecule has 1 heteroatoms. The SMILES string of the molecule is CC1(C)c2cc(N(c3ccc(-c4ccc5ccccc5c4)cc3)c3ccccc3-c3ccccc3)ccc2-c2ccc3ccccc3c21. The average Bonchev–Trinajstić information content (AvgIpc) is 3.38. The molecule has 0 atom stereocenters. The van der Waals surface area contributed by atoms with Crippen molar-refractivity contribution >= 4 is 38.6 Å². The van der Waals surface area contributed by atoms with E-state index in [-0.39, 0.29) is 5.41 Å². The average molecular weight is 614 g/mol. The molecule has 1 aliphatic carbocycles. The fraction of sp³-hybridized carbons (Fsp3) is 0.0638. The van der Waals surface area contributed by atoms with Gasteiger partial charge in [0, 0.05) is 22.4 Å². The highest BCUT2D eigenvalue weighted by molar-refractivity contribution is 5.98. The zero-order valence-corrected chi connectivity index (χ0v) is 27.2. The molecule has 0 amide bonds. The number of rotatable bonds is 5. The predicted molar refractivity (Wildman–Crippen MR) is 205 cm³/mol. The third-order valence-electron chi connectivity index (χ3n) is 10.2. The minimum absolute atomic E-state index is 0.147. The standard InChI is InChI=1S/C47H35N/c1-47(2)44-31-39(27-29-42(44)43-28-24-35-15-8-9-18-41(35)46(43)47)48(45-19-11-10-17-40(45)34-13-4-3-5-14-34)38-25-22-33(23-26-38)37-21-20-32-12-6-7-16-36(32)30-37/h3-31H,1-2H3. The molecule has 0 saturated heterocycles. The summed E-state index contributed by atoms with van der Waals surface area (Å²) in [6, 6.07) is 64.3. The van der Waals surface area contributed by atoms with Crippen LogP contribution in [0.3, 0.4) is 0 Å². The maximum absolute atomic E-state index is 2.43. The zero-order chi connectivity index (χ0) is 32.2. The number of benzene rings is 8. The minimum Gasteiger partial charge on any atom is -0.310 e. The Morgan fingerprint density at radius 2 is 1.02 bits per heavy atom. The smallest absolute Gasteiger partial charge is 0.0540 e. The Morgan fingerprint density at radius 1 is 0.396 bits per heavy atom. The molecule has 228 valence electrons. The number of anilines is 3. The van der Waals surface area contributed by atoms with Crippen LogP contribution in [0.25, 0.3) is 54.9 Å². The van der Waals surface area contributed by atoms with Crippen LogP contribution in [-0.2, 0) is 5.41 Å². The van der Waals surface area contributed by atoms with E-state index in [2.05, 4.69) is 195 Å². The summed E-state index contributed by atoms with van der Waals surface area (Å²) in [5.41, 5.74) is 13.6. The Balaban J connectivity index is 1.21. The first-order valence-corrected chi connectivity index (χ1v) is 16.8. The Morgan fingerprint density at radius 3 is 1.85 bits per heavy atom. The van der Waals surface area contributed by atoms with Crippen molar-refractivity contribution in [3.05, 3.63) is 187 Å². The molecule has 0 N–H and O–H groups in total. The van der Waals surface area contributed by atoms with Crippen LogP contribution in [0.5, 0.6) is 0 Å². The first-order valence-electron chi connectivity index (χ1n) is 16.8. The van der Waals surface area contributed by atoms with Crippen LogP contribution < -0.4 is 4.90 Å². The van der Waals surface area contributed by atoms with E-state index in [4.69, 9.17) is 0 Å². The van der Waals surface area contributed by atoms with Gasteiger partial charge in [0.05, 0.1) is 5.69 Å². The van der Waals surface area contributed by atoms with Crippen LogP contribution in [-0.4, -0.2) is 0 Å². The van der Waals surface area contributed by atoms with Gasteiger partial charge in [-0.25, -0.2) is 0 Å². The zero-order valence-electron chi connectivity index (χ0n) is 27.2. The summed E-state index contributed by atoms with van der Waals surface area (Å²) in [6.07, 6.45) is 0. The summed E-state index contributed by atoms with van der Waals surface area (Å²) in [4.78, 5) is 2.43. The molecule has 48 heavy (non-hydrogen) atoms. The lowest BCUT2D eigenvalue weighted by atomic mass is 9.80. The Bertz CT molecular complexity index is 2470. The minimum atomic E-state index is -0.147. The molecule has 0 bridgehead atoms. The summed E-state index contributed by atoms with van der Waals surface area (Å²) in [6.45, 7) is 4.77. The van der Waals surface area contributed by atoms with Gasteiger partial charge in [-0.1, -0.05) is 153 Å². The van der Waals surface area contributed by atoms with E-state index in [9.17, 15) is 0 Å². The molecule has 0 heterocycles. The fourth-order valence-corrected chi connectivity index (χ4v) is 7.86. The van der Waals surface area contributed by atoms with Gasteiger partial charge in [0.2, 0.25) is 0 Å². The molecular formula is C47H35N. The summed E-state index contributed by atoms with van der Waals surface area (Å²) in [5.74, 6) is 0. The Labute approximate surface area is 282 Å². The topological polar surface area (TPSA) is 3.24 Å². The van der Waals surface area contributed by atoms with Gasteiger partial charge in [-0.3, -0.25) is 0 Å². The number of hydrogen-bond donors (Lipinski definition) is 0. The number of fused-ring (bicyclic) bond motifs is 6. The lowest BCUT2D eigenvalue weighted by molar-refractivity contribution is 0.666. The van der Waals surface area contributed by atoms with Gasteiger partial charge < -0.3 is 4.90 Å². The number of nitrogens with zero attached hydrogens (tertiary/aromatic N) is 1. The third-order valence-corrected chi connectivity index (χ3v) is 10.2. The molecule has 0 aliphatic heterocycles. The normalized spacial score (nSPS) is 13.0. The van der Waals surface area contributed by atoms with Gasteiger partial charge in [-0.15, -0.1) is 0 Å². The summed E-state index contributed by atoms with van der Waals surface area (Å²) in [7, 11) is 0. The molecule has 0 aromatic heterocycles. The van der Waals surface area contributed by atoms with Gasteiger partial charge in [-0.05, 0) is 96.9 Å². The highest BCUT2D eigenvalue weighted by Gasteiger charge is 2.37. The predicted octanol–water partition coefficient (Wildman–Crippen LogP) is 13.1. The maximum Gasteiger partial charge on any atom is 0.0540 e. The van der Waals surface area contributed by atoms with Gasteiger partial charge in [-0.2, -0.15) is 0 Å². The number of para-hydroxylation sites is 1. The van der Waals surface area contributed by atoms with Crippen molar-refractivity contribution in [3.63, 3.8) is 0 Å². The van der Waals surface area contributed by atoms with Crippen molar-refractivity contribution in [2.45, 2.75) is 19.3 Å². The molecular weight excluding hydrogens is 579 g/mol. The van der Waals surface area contributed by atoms with Crippen LogP contribution in [0.2, 0.25) is 0 Å². The van der Waals surface area contributed by atoms with Crippen molar-refractivity contribution in [1.82, 2.24) is 0 Å². The third kappa shape index (κ3) is 4.54. The van der Waals surface area contributed by atoms with Crippen LogP contribution in [0.15, 0.2) is 176 Å². The quantitative estimate of drug-likeness (QED) is 0.187. The highest BCUT2D eigenvalue weighted by atomic mass is 15.1. The van der Waals surface area contributed by atoms with Crippen molar-refractivity contribution < 1.29 is 0 Å². The fourth-order valence-electron chi connectivity index (χ4n) is 7.86. The van der Waals surface area contributed by atoms with Crippen LogP contribution in [0.1, 0.15) is 25.0 Å². The van der Waals surface area contributed by atoms with E-state index in [1.165, 1.54) is 66.1 Å². The first-order chi connectivity index (χ1) is 23.6. The molecule has 0 fully saturated rings. The van der Waals surface area contributed by atoms with Crippen molar-refractivity contribution in [3.8, 4) is 33.4 Å². The maximum atomic E-state index is 2.43. The second-order valence-electron chi connectivity index (χ2n) is 13.4. The Kier molecular flexibility index (Phi) is 6.55.